The summed E-state index contributed by atoms with van der Waals surface area (Å²) in [5, 5.41) is 2.42. The minimum Gasteiger partial charge on any atom is -0.353 e. The van der Waals surface area contributed by atoms with Crippen molar-refractivity contribution in [3.63, 3.8) is 0 Å². The van der Waals surface area contributed by atoms with Gasteiger partial charge in [0.15, 0.2) is 11.6 Å². The number of thioether (sulfide) groups is 1. The lowest BCUT2D eigenvalue weighted by molar-refractivity contribution is -0.120. The molecule has 94 valence electrons. The Morgan fingerprint density at radius 1 is 1.24 bits per heavy atom. The summed E-state index contributed by atoms with van der Waals surface area (Å²) < 4.78 is 25.7. The van der Waals surface area contributed by atoms with Gasteiger partial charge in [0.05, 0.1) is 5.25 Å². The number of halogens is 2. The van der Waals surface area contributed by atoms with Crippen LogP contribution in [-0.2, 0) is 4.79 Å². The Labute approximate surface area is 104 Å². The van der Waals surface area contributed by atoms with E-state index in [0.717, 1.165) is 12.1 Å². The molecular formula is C12H15F2NOS. The number of carbonyl (C=O) groups is 1. The standard InChI is InChI=1S/C12H15F2NOS/c1-7(2)15-12(16)8(3)17-9-4-5-10(13)11(14)6-9/h4-8H,1-3H3,(H,15,16). The molecule has 0 radical (unpaired) electrons. The molecular weight excluding hydrogens is 244 g/mol. The van der Waals surface area contributed by atoms with Crippen molar-refractivity contribution in [2.75, 3.05) is 0 Å². The number of benzene rings is 1. The third kappa shape index (κ3) is 4.34. The van der Waals surface area contributed by atoms with Crippen LogP contribution in [0.1, 0.15) is 20.8 Å². The summed E-state index contributed by atoms with van der Waals surface area (Å²) in [4.78, 5) is 12.1. The minimum absolute atomic E-state index is 0.0653. The summed E-state index contributed by atoms with van der Waals surface area (Å²) in [5.74, 6) is -1.89. The third-order valence-corrected chi connectivity index (χ3v) is 3.10. The minimum atomic E-state index is -0.897. The predicted molar refractivity (Wildman–Crippen MR) is 65.0 cm³/mol. The molecule has 0 aliphatic carbocycles. The quantitative estimate of drug-likeness (QED) is 0.842. The van der Waals surface area contributed by atoms with E-state index in [1.807, 2.05) is 13.8 Å². The summed E-state index contributed by atoms with van der Waals surface area (Å²) in [6, 6.07) is 3.68. The van der Waals surface area contributed by atoms with Crippen molar-refractivity contribution >= 4 is 17.7 Å². The van der Waals surface area contributed by atoms with Crippen LogP contribution < -0.4 is 5.32 Å². The molecule has 0 aliphatic heterocycles. The van der Waals surface area contributed by atoms with Crippen molar-refractivity contribution in [1.29, 1.82) is 0 Å². The van der Waals surface area contributed by atoms with Gasteiger partial charge >= 0.3 is 0 Å². The number of amides is 1. The van der Waals surface area contributed by atoms with Gasteiger partial charge in [-0.2, -0.15) is 0 Å². The third-order valence-electron chi connectivity index (χ3n) is 2.00. The highest BCUT2D eigenvalue weighted by atomic mass is 32.2. The molecule has 5 heteroatoms. The maximum absolute atomic E-state index is 13.0. The van der Waals surface area contributed by atoms with E-state index < -0.39 is 11.6 Å². The zero-order valence-corrected chi connectivity index (χ0v) is 10.8. The molecule has 0 aromatic heterocycles. The maximum atomic E-state index is 13.0. The first-order chi connectivity index (χ1) is 7.90. The highest BCUT2D eigenvalue weighted by Crippen LogP contribution is 2.24. The normalized spacial score (nSPS) is 12.6. The molecule has 0 saturated carbocycles. The van der Waals surface area contributed by atoms with E-state index in [9.17, 15) is 13.6 Å². The Morgan fingerprint density at radius 3 is 2.41 bits per heavy atom. The number of nitrogens with one attached hydrogen (secondary N) is 1. The Kier molecular flexibility index (Phi) is 4.93. The SMILES string of the molecule is CC(C)NC(=O)C(C)Sc1ccc(F)c(F)c1. The van der Waals surface area contributed by atoms with Gasteiger partial charge in [0.2, 0.25) is 5.91 Å². The molecule has 1 unspecified atom stereocenters. The second-order valence-electron chi connectivity index (χ2n) is 4.00. The predicted octanol–water partition coefficient (Wildman–Crippen LogP) is 2.97. The smallest absolute Gasteiger partial charge is 0.233 e. The van der Waals surface area contributed by atoms with E-state index in [1.54, 1.807) is 6.92 Å². The monoisotopic (exact) mass is 259 g/mol. The van der Waals surface area contributed by atoms with E-state index in [4.69, 9.17) is 0 Å². The fourth-order valence-electron chi connectivity index (χ4n) is 1.21. The largest absolute Gasteiger partial charge is 0.353 e. The van der Waals surface area contributed by atoms with Gasteiger partial charge in [-0.1, -0.05) is 0 Å². The molecule has 0 spiro atoms. The Balaban J connectivity index is 2.64. The molecule has 1 rings (SSSR count). The zero-order chi connectivity index (χ0) is 13.0. The van der Waals surface area contributed by atoms with Crippen LogP contribution in [0.2, 0.25) is 0 Å². The lowest BCUT2D eigenvalue weighted by Crippen LogP contribution is -2.35. The molecule has 1 N–H and O–H groups in total. The zero-order valence-electron chi connectivity index (χ0n) is 9.96. The van der Waals surface area contributed by atoms with Crippen LogP contribution in [0, 0.1) is 11.6 Å². The van der Waals surface area contributed by atoms with E-state index in [2.05, 4.69) is 5.32 Å². The first-order valence-corrected chi connectivity index (χ1v) is 6.20. The van der Waals surface area contributed by atoms with Gasteiger partial charge < -0.3 is 5.32 Å². The molecule has 17 heavy (non-hydrogen) atoms. The van der Waals surface area contributed by atoms with Gasteiger partial charge in [-0.15, -0.1) is 11.8 Å². The van der Waals surface area contributed by atoms with Gasteiger partial charge in [0.1, 0.15) is 0 Å². The molecule has 1 aromatic rings. The van der Waals surface area contributed by atoms with Crippen molar-refractivity contribution in [2.24, 2.45) is 0 Å². The number of hydrogen-bond donors (Lipinski definition) is 1. The molecule has 0 fully saturated rings. The van der Waals surface area contributed by atoms with Crippen molar-refractivity contribution in [2.45, 2.75) is 37.0 Å². The summed E-state index contributed by atoms with van der Waals surface area (Å²) >= 11 is 1.20. The highest BCUT2D eigenvalue weighted by Gasteiger charge is 2.15. The second kappa shape index (κ2) is 6.00. The fourth-order valence-corrected chi connectivity index (χ4v) is 2.11. The van der Waals surface area contributed by atoms with Crippen LogP contribution >= 0.6 is 11.8 Å². The first-order valence-electron chi connectivity index (χ1n) is 5.32. The van der Waals surface area contributed by atoms with Crippen molar-refractivity contribution < 1.29 is 13.6 Å². The first kappa shape index (κ1) is 14.0. The summed E-state index contributed by atoms with van der Waals surface area (Å²) in [5.41, 5.74) is 0. The molecule has 1 aromatic carbocycles. The Bertz CT molecular complexity index is 409. The topological polar surface area (TPSA) is 29.1 Å². The Morgan fingerprint density at radius 2 is 1.88 bits per heavy atom. The highest BCUT2D eigenvalue weighted by molar-refractivity contribution is 8.00. The van der Waals surface area contributed by atoms with Crippen LogP contribution in [0.15, 0.2) is 23.1 Å². The van der Waals surface area contributed by atoms with E-state index in [0.29, 0.717) is 4.90 Å². The van der Waals surface area contributed by atoms with Crippen LogP contribution in [0.25, 0.3) is 0 Å². The number of hydrogen-bond acceptors (Lipinski definition) is 2. The van der Waals surface area contributed by atoms with E-state index in [1.165, 1.54) is 17.8 Å². The van der Waals surface area contributed by atoms with Crippen LogP contribution in [0.5, 0.6) is 0 Å². The second-order valence-corrected chi connectivity index (χ2v) is 5.41. The maximum Gasteiger partial charge on any atom is 0.233 e. The molecule has 1 amide bonds. The van der Waals surface area contributed by atoms with Gasteiger partial charge in [0.25, 0.3) is 0 Å². The molecule has 0 bridgehead atoms. The Hall–Kier alpha value is -1.10. The van der Waals surface area contributed by atoms with Gasteiger partial charge in [-0.25, -0.2) is 8.78 Å². The van der Waals surface area contributed by atoms with Crippen molar-refractivity contribution in [3.8, 4) is 0 Å². The molecule has 0 saturated heterocycles. The molecule has 0 aliphatic rings. The summed E-state index contributed by atoms with van der Waals surface area (Å²) in [6.45, 7) is 5.46. The lowest BCUT2D eigenvalue weighted by atomic mass is 10.3. The molecule has 1 atom stereocenters. The van der Waals surface area contributed by atoms with Crippen LogP contribution in [0.3, 0.4) is 0 Å². The number of rotatable bonds is 4. The van der Waals surface area contributed by atoms with Gasteiger partial charge in [-0.3, -0.25) is 4.79 Å². The van der Waals surface area contributed by atoms with Gasteiger partial charge in [-0.05, 0) is 39.0 Å². The molecule has 0 heterocycles. The molecule has 2 nitrogen and oxygen atoms in total. The summed E-state index contributed by atoms with van der Waals surface area (Å²) in [6.07, 6.45) is 0. The van der Waals surface area contributed by atoms with Crippen LogP contribution in [0.4, 0.5) is 8.78 Å². The van der Waals surface area contributed by atoms with E-state index >= 15 is 0 Å². The average molecular weight is 259 g/mol. The van der Waals surface area contributed by atoms with Gasteiger partial charge in [0, 0.05) is 10.9 Å². The van der Waals surface area contributed by atoms with Crippen LogP contribution in [-0.4, -0.2) is 17.2 Å². The number of carbonyl (C=O) groups excluding carboxylic acids is 1. The average Bonchev–Trinajstić information content (AvgIpc) is 2.22. The lowest BCUT2D eigenvalue weighted by Gasteiger charge is -2.14. The summed E-state index contributed by atoms with van der Waals surface area (Å²) in [7, 11) is 0. The van der Waals surface area contributed by atoms with E-state index in [-0.39, 0.29) is 17.2 Å². The fraction of sp³-hybridized carbons (Fsp3) is 0.417. The van der Waals surface area contributed by atoms with Crippen molar-refractivity contribution in [1.82, 2.24) is 5.32 Å². The van der Waals surface area contributed by atoms with Crippen molar-refractivity contribution in [3.05, 3.63) is 29.8 Å².